The number of carbonyl (C=O) groups excluding carboxylic acids is 1. The van der Waals surface area contributed by atoms with Gasteiger partial charge < -0.3 is 11.1 Å². The van der Waals surface area contributed by atoms with Crippen LogP contribution in [0, 0.1) is 6.92 Å². The standard InChI is InChI=1S/C18H18N4OS/c1-10-20-17(14-12-8-5-9-13(12)24-18(14)21-10)22-15(16(19)23)11-6-3-2-4-7-11/h2-4,6-7,15H,5,8-9H2,1H3,(H2,19,23)(H,20,21,22). The fraction of sp³-hybridized carbons (Fsp3) is 0.278. The van der Waals surface area contributed by atoms with Crippen molar-refractivity contribution in [2.75, 3.05) is 5.32 Å². The Morgan fingerprint density at radius 2 is 2.04 bits per heavy atom. The molecule has 0 radical (unpaired) electrons. The Balaban J connectivity index is 1.82. The smallest absolute Gasteiger partial charge is 0.244 e. The van der Waals surface area contributed by atoms with Gasteiger partial charge in [0.05, 0.1) is 5.39 Å². The Kier molecular flexibility index (Phi) is 3.69. The number of benzene rings is 1. The summed E-state index contributed by atoms with van der Waals surface area (Å²) in [7, 11) is 0. The van der Waals surface area contributed by atoms with Gasteiger partial charge in [-0.2, -0.15) is 0 Å². The molecule has 0 fully saturated rings. The third-order valence-electron chi connectivity index (χ3n) is 4.37. The van der Waals surface area contributed by atoms with Gasteiger partial charge in [0, 0.05) is 4.88 Å². The van der Waals surface area contributed by atoms with Crippen molar-refractivity contribution < 1.29 is 4.79 Å². The second-order valence-corrected chi connectivity index (χ2v) is 7.13. The first-order chi connectivity index (χ1) is 11.6. The minimum absolute atomic E-state index is 0.419. The number of aryl methyl sites for hydroxylation is 3. The molecule has 2 heterocycles. The van der Waals surface area contributed by atoms with E-state index in [0.29, 0.717) is 11.6 Å². The summed E-state index contributed by atoms with van der Waals surface area (Å²) in [5.41, 5.74) is 7.81. The molecule has 0 saturated heterocycles. The van der Waals surface area contributed by atoms with E-state index in [1.807, 2.05) is 37.3 Å². The van der Waals surface area contributed by atoms with Crippen molar-refractivity contribution >= 4 is 33.3 Å². The molecule has 1 aliphatic rings. The second kappa shape index (κ2) is 5.87. The maximum absolute atomic E-state index is 12.0. The van der Waals surface area contributed by atoms with E-state index < -0.39 is 11.9 Å². The number of amides is 1. The molecule has 6 heteroatoms. The van der Waals surface area contributed by atoms with Gasteiger partial charge in [-0.25, -0.2) is 9.97 Å². The zero-order valence-corrected chi connectivity index (χ0v) is 14.2. The van der Waals surface area contributed by atoms with Crippen molar-refractivity contribution in [2.24, 2.45) is 5.73 Å². The molecular weight excluding hydrogens is 320 g/mol. The molecule has 1 atom stereocenters. The van der Waals surface area contributed by atoms with E-state index in [1.54, 1.807) is 11.3 Å². The van der Waals surface area contributed by atoms with Crippen LogP contribution in [0.25, 0.3) is 10.2 Å². The SMILES string of the molecule is Cc1nc(NC(C(N)=O)c2ccccc2)c2c3c(sc2n1)CCC3. The average Bonchev–Trinajstić information content (AvgIpc) is 3.13. The van der Waals surface area contributed by atoms with Crippen molar-refractivity contribution in [1.82, 2.24) is 9.97 Å². The van der Waals surface area contributed by atoms with Gasteiger partial charge in [-0.1, -0.05) is 30.3 Å². The fourth-order valence-corrected chi connectivity index (χ4v) is 4.61. The number of nitrogens with two attached hydrogens (primary N) is 1. The van der Waals surface area contributed by atoms with Crippen molar-refractivity contribution in [2.45, 2.75) is 32.2 Å². The number of hydrogen-bond acceptors (Lipinski definition) is 5. The summed E-state index contributed by atoms with van der Waals surface area (Å²) in [6.45, 7) is 1.87. The Morgan fingerprint density at radius 3 is 2.79 bits per heavy atom. The Bertz CT molecular complexity index is 920. The number of nitrogens with zero attached hydrogens (tertiary/aromatic N) is 2. The number of thiophene rings is 1. The average molecular weight is 338 g/mol. The molecule has 3 N–H and O–H groups in total. The Labute approximate surface area is 143 Å². The van der Waals surface area contributed by atoms with Crippen LogP contribution < -0.4 is 11.1 Å². The van der Waals surface area contributed by atoms with E-state index in [4.69, 9.17) is 5.73 Å². The van der Waals surface area contributed by atoms with Gasteiger partial charge in [0.2, 0.25) is 5.91 Å². The molecule has 1 aromatic carbocycles. The summed E-state index contributed by atoms with van der Waals surface area (Å²) in [5.74, 6) is 0.989. The lowest BCUT2D eigenvalue weighted by Gasteiger charge is -2.17. The zero-order valence-electron chi connectivity index (χ0n) is 13.4. The van der Waals surface area contributed by atoms with Crippen LogP contribution in [0.3, 0.4) is 0 Å². The highest BCUT2D eigenvalue weighted by molar-refractivity contribution is 7.19. The van der Waals surface area contributed by atoms with Gasteiger partial charge in [-0.05, 0) is 37.3 Å². The Hall–Kier alpha value is -2.47. The third kappa shape index (κ3) is 2.53. The first kappa shape index (κ1) is 15.1. The van der Waals surface area contributed by atoms with Crippen molar-refractivity contribution in [1.29, 1.82) is 0 Å². The molecular formula is C18H18N4OS. The molecule has 0 bridgehead atoms. The van der Waals surface area contributed by atoms with Crippen LogP contribution in [-0.4, -0.2) is 15.9 Å². The topological polar surface area (TPSA) is 80.9 Å². The number of primary amides is 1. The maximum Gasteiger partial charge on any atom is 0.244 e. The number of anilines is 1. The Morgan fingerprint density at radius 1 is 1.25 bits per heavy atom. The number of hydrogen-bond donors (Lipinski definition) is 2. The summed E-state index contributed by atoms with van der Waals surface area (Å²) in [4.78, 5) is 23.6. The highest BCUT2D eigenvalue weighted by Crippen LogP contribution is 2.40. The molecule has 3 aromatic rings. The maximum atomic E-state index is 12.0. The minimum Gasteiger partial charge on any atom is -0.368 e. The highest BCUT2D eigenvalue weighted by Gasteiger charge is 2.25. The molecule has 122 valence electrons. The van der Waals surface area contributed by atoms with Crippen LogP contribution >= 0.6 is 11.3 Å². The molecule has 24 heavy (non-hydrogen) atoms. The molecule has 0 spiro atoms. The molecule has 2 aromatic heterocycles. The number of nitrogens with one attached hydrogen (secondary N) is 1. The number of rotatable bonds is 4. The van der Waals surface area contributed by atoms with E-state index >= 15 is 0 Å². The molecule has 0 saturated carbocycles. The van der Waals surface area contributed by atoms with Crippen LogP contribution in [-0.2, 0) is 17.6 Å². The zero-order chi connectivity index (χ0) is 16.7. The van der Waals surface area contributed by atoms with Crippen LogP contribution in [0.2, 0.25) is 0 Å². The predicted octanol–water partition coefficient (Wildman–Crippen LogP) is 3.13. The third-order valence-corrected chi connectivity index (χ3v) is 5.56. The monoisotopic (exact) mass is 338 g/mol. The van der Waals surface area contributed by atoms with Crippen LogP contribution in [0.5, 0.6) is 0 Å². The predicted molar refractivity (Wildman–Crippen MR) is 96.2 cm³/mol. The van der Waals surface area contributed by atoms with Gasteiger partial charge in [0.25, 0.3) is 0 Å². The fourth-order valence-electron chi connectivity index (χ4n) is 3.31. The number of carbonyl (C=O) groups is 1. The first-order valence-corrected chi connectivity index (χ1v) is 8.85. The van der Waals surface area contributed by atoms with Crippen LogP contribution in [0.1, 0.15) is 34.3 Å². The second-order valence-electron chi connectivity index (χ2n) is 6.05. The van der Waals surface area contributed by atoms with Gasteiger partial charge in [0.1, 0.15) is 22.5 Å². The number of fused-ring (bicyclic) bond motifs is 3. The van der Waals surface area contributed by atoms with Gasteiger partial charge in [0.15, 0.2) is 0 Å². The summed E-state index contributed by atoms with van der Waals surface area (Å²) in [6, 6.07) is 8.89. The van der Waals surface area contributed by atoms with Crippen LogP contribution in [0.4, 0.5) is 5.82 Å². The number of aromatic nitrogens is 2. The molecule has 1 amide bonds. The molecule has 5 nitrogen and oxygen atoms in total. The molecule has 0 aliphatic heterocycles. The van der Waals surface area contributed by atoms with E-state index in [1.165, 1.54) is 16.9 Å². The lowest BCUT2D eigenvalue weighted by Crippen LogP contribution is -2.28. The normalized spacial score (nSPS) is 14.5. The first-order valence-electron chi connectivity index (χ1n) is 8.03. The molecule has 1 aliphatic carbocycles. The van der Waals surface area contributed by atoms with E-state index in [2.05, 4.69) is 15.3 Å². The highest BCUT2D eigenvalue weighted by atomic mass is 32.1. The van der Waals surface area contributed by atoms with Gasteiger partial charge >= 0.3 is 0 Å². The van der Waals surface area contributed by atoms with E-state index in [0.717, 1.165) is 28.6 Å². The van der Waals surface area contributed by atoms with Gasteiger partial charge in [-0.15, -0.1) is 11.3 Å². The summed E-state index contributed by atoms with van der Waals surface area (Å²) in [6.07, 6.45) is 3.32. The quantitative estimate of drug-likeness (QED) is 0.766. The lowest BCUT2D eigenvalue weighted by molar-refractivity contribution is -0.118. The summed E-state index contributed by atoms with van der Waals surface area (Å²) in [5, 5.41) is 4.33. The lowest BCUT2D eigenvalue weighted by atomic mass is 10.1. The van der Waals surface area contributed by atoms with Crippen molar-refractivity contribution in [3.63, 3.8) is 0 Å². The summed E-state index contributed by atoms with van der Waals surface area (Å²) < 4.78 is 0. The van der Waals surface area contributed by atoms with Crippen LogP contribution in [0.15, 0.2) is 30.3 Å². The largest absolute Gasteiger partial charge is 0.368 e. The molecule has 1 unspecified atom stereocenters. The van der Waals surface area contributed by atoms with E-state index in [-0.39, 0.29) is 0 Å². The molecule has 4 rings (SSSR count). The van der Waals surface area contributed by atoms with Gasteiger partial charge in [-0.3, -0.25) is 4.79 Å². The van der Waals surface area contributed by atoms with Crippen molar-refractivity contribution in [3.05, 3.63) is 52.2 Å². The summed E-state index contributed by atoms with van der Waals surface area (Å²) >= 11 is 1.74. The van der Waals surface area contributed by atoms with E-state index in [9.17, 15) is 4.79 Å². The minimum atomic E-state index is -0.611. The van der Waals surface area contributed by atoms with Crippen molar-refractivity contribution in [3.8, 4) is 0 Å².